The Morgan fingerprint density at radius 1 is 1.15 bits per heavy atom. The summed E-state index contributed by atoms with van der Waals surface area (Å²) in [7, 11) is -3.71. The zero-order chi connectivity index (χ0) is 18.7. The van der Waals surface area contributed by atoms with E-state index in [1.807, 2.05) is 11.8 Å². The van der Waals surface area contributed by atoms with Crippen LogP contribution in [-0.4, -0.2) is 56.5 Å². The van der Waals surface area contributed by atoms with Crippen LogP contribution in [0.4, 0.5) is 11.4 Å². The maximum atomic E-state index is 12.9. The predicted octanol–water partition coefficient (Wildman–Crippen LogP) is 2.38. The van der Waals surface area contributed by atoms with E-state index in [1.165, 1.54) is 16.4 Å². The van der Waals surface area contributed by atoms with Gasteiger partial charge in [-0.1, -0.05) is 12.8 Å². The molecule has 26 heavy (non-hydrogen) atoms. The molecule has 2 fully saturated rings. The van der Waals surface area contributed by atoms with E-state index < -0.39 is 14.9 Å². The van der Waals surface area contributed by atoms with Crippen molar-refractivity contribution < 1.29 is 18.1 Å². The Morgan fingerprint density at radius 3 is 2.46 bits per heavy atom. The SMILES string of the molecule is CC1CN(c2ccc(S(=O)(=O)N3CCCCCC3)cc2[N+](=O)[O-])CCO1. The van der Waals surface area contributed by atoms with E-state index in [2.05, 4.69) is 0 Å². The average molecular weight is 383 g/mol. The van der Waals surface area contributed by atoms with E-state index in [-0.39, 0.29) is 16.7 Å². The Kier molecular flexibility index (Phi) is 5.79. The first-order valence-corrected chi connectivity index (χ1v) is 10.5. The summed E-state index contributed by atoms with van der Waals surface area (Å²) in [5.74, 6) is 0. The minimum atomic E-state index is -3.71. The minimum absolute atomic E-state index is 0.00356. The van der Waals surface area contributed by atoms with Gasteiger partial charge in [-0.05, 0) is 31.9 Å². The van der Waals surface area contributed by atoms with Crippen LogP contribution in [-0.2, 0) is 14.8 Å². The van der Waals surface area contributed by atoms with Crippen molar-refractivity contribution in [2.24, 2.45) is 0 Å². The van der Waals surface area contributed by atoms with E-state index in [0.29, 0.717) is 38.5 Å². The molecule has 0 radical (unpaired) electrons. The lowest BCUT2D eigenvalue weighted by Gasteiger charge is -2.32. The third-order valence-corrected chi connectivity index (χ3v) is 6.82. The summed E-state index contributed by atoms with van der Waals surface area (Å²) < 4.78 is 32.8. The number of ether oxygens (including phenoxy) is 1. The normalized spacial score (nSPS) is 22.8. The van der Waals surface area contributed by atoms with Crippen molar-refractivity contribution in [2.75, 3.05) is 37.7 Å². The molecule has 0 spiro atoms. The van der Waals surface area contributed by atoms with Gasteiger partial charge in [0.05, 0.1) is 22.5 Å². The van der Waals surface area contributed by atoms with Crippen molar-refractivity contribution in [3.8, 4) is 0 Å². The Hall–Kier alpha value is -1.71. The van der Waals surface area contributed by atoms with Crippen LogP contribution >= 0.6 is 0 Å². The Balaban J connectivity index is 1.94. The number of rotatable bonds is 4. The van der Waals surface area contributed by atoms with Crippen molar-refractivity contribution in [1.82, 2.24) is 4.31 Å². The number of nitro groups is 1. The Morgan fingerprint density at radius 2 is 1.85 bits per heavy atom. The lowest BCUT2D eigenvalue weighted by Crippen LogP contribution is -2.41. The maximum absolute atomic E-state index is 12.9. The Labute approximate surface area is 153 Å². The van der Waals surface area contributed by atoms with Crippen LogP contribution < -0.4 is 4.90 Å². The van der Waals surface area contributed by atoms with Gasteiger partial charge in [0.1, 0.15) is 5.69 Å². The summed E-state index contributed by atoms with van der Waals surface area (Å²) >= 11 is 0. The van der Waals surface area contributed by atoms with Gasteiger partial charge in [0.2, 0.25) is 10.0 Å². The largest absolute Gasteiger partial charge is 0.375 e. The number of morpholine rings is 1. The fourth-order valence-corrected chi connectivity index (χ4v) is 5.08. The molecule has 2 saturated heterocycles. The van der Waals surface area contributed by atoms with E-state index in [0.717, 1.165) is 25.7 Å². The van der Waals surface area contributed by atoms with Gasteiger partial charge in [0.25, 0.3) is 5.69 Å². The molecule has 2 aliphatic rings. The van der Waals surface area contributed by atoms with Crippen LogP contribution in [0.2, 0.25) is 0 Å². The number of nitrogens with zero attached hydrogens (tertiary/aromatic N) is 3. The second kappa shape index (κ2) is 7.89. The monoisotopic (exact) mass is 383 g/mol. The first kappa shape index (κ1) is 19.1. The number of hydrogen-bond donors (Lipinski definition) is 0. The highest BCUT2D eigenvalue weighted by atomic mass is 32.2. The lowest BCUT2D eigenvalue weighted by atomic mass is 10.2. The van der Waals surface area contributed by atoms with Crippen molar-refractivity contribution >= 4 is 21.4 Å². The third kappa shape index (κ3) is 3.99. The molecule has 0 N–H and O–H groups in total. The first-order valence-electron chi connectivity index (χ1n) is 9.05. The molecule has 0 aliphatic carbocycles. The van der Waals surface area contributed by atoms with Gasteiger partial charge < -0.3 is 9.64 Å². The molecule has 2 heterocycles. The molecule has 1 aromatic rings. The summed E-state index contributed by atoms with van der Waals surface area (Å²) in [5.41, 5.74) is 0.273. The lowest BCUT2D eigenvalue weighted by molar-refractivity contribution is -0.384. The van der Waals surface area contributed by atoms with Crippen LogP contribution in [0.1, 0.15) is 32.6 Å². The first-order chi connectivity index (χ1) is 12.4. The van der Waals surface area contributed by atoms with Gasteiger partial charge in [-0.15, -0.1) is 0 Å². The summed E-state index contributed by atoms with van der Waals surface area (Å²) in [4.78, 5) is 13.0. The molecule has 0 saturated carbocycles. The van der Waals surface area contributed by atoms with Crippen LogP contribution in [0.5, 0.6) is 0 Å². The highest BCUT2D eigenvalue weighted by Crippen LogP contribution is 2.33. The minimum Gasteiger partial charge on any atom is -0.375 e. The highest BCUT2D eigenvalue weighted by molar-refractivity contribution is 7.89. The smallest absolute Gasteiger partial charge is 0.293 e. The van der Waals surface area contributed by atoms with Gasteiger partial charge in [-0.25, -0.2) is 8.42 Å². The number of anilines is 1. The van der Waals surface area contributed by atoms with Crippen molar-refractivity contribution in [3.63, 3.8) is 0 Å². The molecule has 144 valence electrons. The topological polar surface area (TPSA) is 93.0 Å². The third-order valence-electron chi connectivity index (χ3n) is 4.93. The second-order valence-corrected chi connectivity index (χ2v) is 8.79. The number of hydrogen-bond acceptors (Lipinski definition) is 6. The van der Waals surface area contributed by atoms with Crippen molar-refractivity contribution in [2.45, 2.75) is 43.6 Å². The average Bonchev–Trinajstić information content (AvgIpc) is 2.91. The van der Waals surface area contributed by atoms with Gasteiger partial charge >= 0.3 is 0 Å². The molecule has 1 atom stereocenters. The molecular weight excluding hydrogens is 358 g/mol. The summed E-state index contributed by atoms with van der Waals surface area (Å²) in [6.45, 7) is 4.43. The predicted molar refractivity (Wildman–Crippen MR) is 98.0 cm³/mol. The van der Waals surface area contributed by atoms with Crippen LogP contribution in [0.25, 0.3) is 0 Å². The fourth-order valence-electron chi connectivity index (χ4n) is 3.55. The van der Waals surface area contributed by atoms with Crippen LogP contribution in [0.15, 0.2) is 23.1 Å². The number of sulfonamides is 1. The molecule has 8 nitrogen and oxygen atoms in total. The standard InChI is InChI=1S/C17H25N3O5S/c1-14-13-18(10-11-25-14)16-7-6-15(12-17(16)20(21)22)26(23,24)19-8-4-2-3-5-9-19/h6-7,12,14H,2-5,8-11,13H2,1H3. The van der Waals surface area contributed by atoms with Crippen LogP contribution in [0.3, 0.4) is 0 Å². The van der Waals surface area contributed by atoms with Crippen molar-refractivity contribution in [1.29, 1.82) is 0 Å². The number of nitro benzene ring substituents is 1. The summed E-state index contributed by atoms with van der Waals surface area (Å²) in [6, 6.07) is 4.25. The molecular formula is C17H25N3O5S. The van der Waals surface area contributed by atoms with Crippen LogP contribution in [0, 0.1) is 10.1 Å². The highest BCUT2D eigenvalue weighted by Gasteiger charge is 2.30. The molecule has 0 aromatic heterocycles. The molecule has 2 aliphatic heterocycles. The number of benzene rings is 1. The van der Waals surface area contributed by atoms with E-state index in [9.17, 15) is 18.5 Å². The molecule has 0 amide bonds. The van der Waals surface area contributed by atoms with E-state index in [4.69, 9.17) is 4.74 Å². The Bertz CT molecular complexity index is 760. The molecule has 3 rings (SSSR count). The summed E-state index contributed by atoms with van der Waals surface area (Å²) in [6.07, 6.45) is 3.65. The fraction of sp³-hybridized carbons (Fsp3) is 0.647. The zero-order valence-corrected chi connectivity index (χ0v) is 15.8. The van der Waals surface area contributed by atoms with Crippen molar-refractivity contribution in [3.05, 3.63) is 28.3 Å². The molecule has 0 bridgehead atoms. The quantitative estimate of drug-likeness (QED) is 0.585. The van der Waals surface area contributed by atoms with Gasteiger partial charge in [0, 0.05) is 32.2 Å². The molecule has 1 aromatic carbocycles. The van der Waals surface area contributed by atoms with E-state index in [1.54, 1.807) is 6.07 Å². The van der Waals surface area contributed by atoms with Gasteiger partial charge in [0.15, 0.2) is 0 Å². The van der Waals surface area contributed by atoms with E-state index >= 15 is 0 Å². The molecule has 1 unspecified atom stereocenters. The zero-order valence-electron chi connectivity index (χ0n) is 15.0. The summed E-state index contributed by atoms with van der Waals surface area (Å²) in [5, 5.41) is 11.6. The maximum Gasteiger partial charge on any atom is 0.293 e. The second-order valence-electron chi connectivity index (χ2n) is 6.85. The van der Waals surface area contributed by atoms with Gasteiger partial charge in [-0.2, -0.15) is 4.31 Å². The van der Waals surface area contributed by atoms with Gasteiger partial charge in [-0.3, -0.25) is 10.1 Å². The molecule has 9 heteroatoms.